The molecule has 4 nitrogen and oxygen atoms in total. The lowest BCUT2D eigenvalue weighted by Crippen LogP contribution is -2.59. The Kier molecular flexibility index (Phi) is 4.08. The molecule has 4 heteroatoms. The quantitative estimate of drug-likeness (QED) is 0.736. The highest BCUT2D eigenvalue weighted by molar-refractivity contribution is 5.09. The molecule has 100 valence electrons. The van der Waals surface area contributed by atoms with Gasteiger partial charge in [0.2, 0.25) is 0 Å². The smallest absolute Gasteiger partial charge is 0.0496 e. The minimum absolute atomic E-state index is 0.243. The Morgan fingerprint density at radius 1 is 1.24 bits per heavy atom. The van der Waals surface area contributed by atoms with Crippen LogP contribution in [0.25, 0.3) is 0 Å². The maximum Gasteiger partial charge on any atom is 0.0496 e. The molecule has 2 rings (SSSR count). The Hall–Kier alpha value is -0.160. The van der Waals surface area contributed by atoms with Crippen LogP contribution >= 0.6 is 0 Å². The Labute approximate surface area is 106 Å². The van der Waals surface area contributed by atoms with Gasteiger partial charge in [0.15, 0.2) is 0 Å². The van der Waals surface area contributed by atoms with E-state index in [1.807, 2.05) is 0 Å². The molecule has 0 spiro atoms. The van der Waals surface area contributed by atoms with Crippen LogP contribution < -0.4 is 5.73 Å². The summed E-state index contributed by atoms with van der Waals surface area (Å²) in [6.07, 6.45) is 3.94. The molecule has 2 aliphatic rings. The van der Waals surface area contributed by atoms with Crippen molar-refractivity contribution in [1.29, 1.82) is 0 Å². The number of hydrogen-bond donors (Lipinski definition) is 1. The fraction of sp³-hybridized carbons (Fsp3) is 1.00. The van der Waals surface area contributed by atoms with Gasteiger partial charge in [0.1, 0.15) is 0 Å². The van der Waals surface area contributed by atoms with Crippen molar-refractivity contribution in [2.24, 2.45) is 5.73 Å². The largest absolute Gasteiger partial charge is 0.329 e. The lowest BCUT2D eigenvalue weighted by Gasteiger charge is -2.43. The second kappa shape index (κ2) is 5.22. The highest BCUT2D eigenvalue weighted by Gasteiger charge is 2.50. The summed E-state index contributed by atoms with van der Waals surface area (Å²) in [7, 11) is 6.54. The number of hydrogen-bond acceptors (Lipinski definition) is 4. The van der Waals surface area contributed by atoms with E-state index in [1.54, 1.807) is 0 Å². The van der Waals surface area contributed by atoms with Crippen LogP contribution in [0.3, 0.4) is 0 Å². The van der Waals surface area contributed by atoms with Gasteiger partial charge in [-0.05, 0) is 47.0 Å². The number of fused-ring (bicyclic) bond motifs is 1. The average molecular weight is 240 g/mol. The van der Waals surface area contributed by atoms with Crippen molar-refractivity contribution in [3.63, 3.8) is 0 Å². The monoisotopic (exact) mass is 240 g/mol. The lowest BCUT2D eigenvalue weighted by atomic mass is 9.87. The number of likely N-dealkylation sites (N-methyl/N-ethyl adjacent to an activating group) is 2. The molecule has 0 aromatic rings. The molecule has 17 heavy (non-hydrogen) atoms. The standard InChI is InChI=1S/C13H28N4/c1-15(2)9-10-16(3)13(11-14)6-8-17-7-4-5-12(13)17/h12H,4-11,14H2,1-3H3. The first kappa shape index (κ1) is 13.3. The van der Waals surface area contributed by atoms with E-state index in [2.05, 4.69) is 35.8 Å². The van der Waals surface area contributed by atoms with Gasteiger partial charge in [-0.1, -0.05) is 0 Å². The molecule has 0 bridgehead atoms. The Morgan fingerprint density at radius 3 is 2.65 bits per heavy atom. The summed E-state index contributed by atoms with van der Waals surface area (Å²) in [6.45, 7) is 5.57. The maximum atomic E-state index is 6.15. The van der Waals surface area contributed by atoms with Crippen LogP contribution in [0.15, 0.2) is 0 Å². The number of nitrogens with two attached hydrogens (primary N) is 1. The molecule has 2 heterocycles. The van der Waals surface area contributed by atoms with E-state index < -0.39 is 0 Å². The minimum Gasteiger partial charge on any atom is -0.329 e. The van der Waals surface area contributed by atoms with E-state index in [-0.39, 0.29) is 5.54 Å². The van der Waals surface area contributed by atoms with Crippen molar-refractivity contribution >= 4 is 0 Å². The van der Waals surface area contributed by atoms with Crippen molar-refractivity contribution in [1.82, 2.24) is 14.7 Å². The Balaban J connectivity index is 2.03. The van der Waals surface area contributed by atoms with Crippen molar-refractivity contribution in [2.45, 2.75) is 30.8 Å². The maximum absolute atomic E-state index is 6.15. The van der Waals surface area contributed by atoms with Gasteiger partial charge in [0.05, 0.1) is 0 Å². The van der Waals surface area contributed by atoms with Crippen molar-refractivity contribution in [3.05, 3.63) is 0 Å². The van der Waals surface area contributed by atoms with Crippen molar-refractivity contribution < 1.29 is 0 Å². The predicted molar refractivity (Wildman–Crippen MR) is 72.2 cm³/mol. The topological polar surface area (TPSA) is 35.7 Å². The van der Waals surface area contributed by atoms with Gasteiger partial charge < -0.3 is 10.6 Å². The minimum atomic E-state index is 0.243. The average Bonchev–Trinajstić information content (AvgIpc) is 2.87. The predicted octanol–water partition coefficient (Wildman–Crippen LogP) is 0.0454. The molecule has 0 amide bonds. The molecule has 2 fully saturated rings. The fourth-order valence-corrected chi connectivity index (χ4v) is 3.62. The molecule has 2 N–H and O–H groups in total. The molecular weight excluding hydrogens is 212 g/mol. The molecule has 0 aromatic heterocycles. The summed E-state index contributed by atoms with van der Waals surface area (Å²) < 4.78 is 0. The molecule has 0 aliphatic carbocycles. The summed E-state index contributed by atoms with van der Waals surface area (Å²) in [5.74, 6) is 0. The van der Waals surface area contributed by atoms with E-state index in [1.165, 1.54) is 32.4 Å². The summed E-state index contributed by atoms with van der Waals surface area (Å²) in [4.78, 5) is 7.43. The molecular formula is C13H28N4. The number of rotatable bonds is 5. The van der Waals surface area contributed by atoms with Gasteiger partial charge in [-0.3, -0.25) is 9.80 Å². The van der Waals surface area contributed by atoms with E-state index in [0.717, 1.165) is 19.6 Å². The molecule has 2 saturated heterocycles. The lowest BCUT2D eigenvalue weighted by molar-refractivity contribution is 0.0844. The second-order valence-electron chi connectivity index (χ2n) is 5.98. The van der Waals surface area contributed by atoms with E-state index in [9.17, 15) is 0 Å². The van der Waals surface area contributed by atoms with Gasteiger partial charge in [-0.15, -0.1) is 0 Å². The van der Waals surface area contributed by atoms with E-state index >= 15 is 0 Å². The SMILES string of the molecule is CN(C)CCN(C)C1(CN)CCN2CCCC21. The molecule has 0 aromatic carbocycles. The normalized spacial score (nSPS) is 33.9. The molecule has 2 atom stereocenters. The zero-order chi connectivity index (χ0) is 12.5. The summed E-state index contributed by atoms with van der Waals surface area (Å²) in [5.41, 5.74) is 6.39. The first-order valence-electron chi connectivity index (χ1n) is 6.90. The first-order valence-corrected chi connectivity index (χ1v) is 6.90. The third-order valence-corrected chi connectivity index (χ3v) is 4.81. The summed E-state index contributed by atoms with van der Waals surface area (Å²) >= 11 is 0. The highest BCUT2D eigenvalue weighted by Crippen LogP contribution is 2.38. The van der Waals surface area contributed by atoms with Crippen LogP contribution in [0.4, 0.5) is 0 Å². The van der Waals surface area contributed by atoms with Crippen LogP contribution in [0.5, 0.6) is 0 Å². The van der Waals surface area contributed by atoms with Gasteiger partial charge >= 0.3 is 0 Å². The number of nitrogens with zero attached hydrogens (tertiary/aromatic N) is 3. The van der Waals surface area contributed by atoms with E-state index in [0.29, 0.717) is 6.04 Å². The second-order valence-corrected chi connectivity index (χ2v) is 5.98. The van der Waals surface area contributed by atoms with Crippen molar-refractivity contribution in [2.75, 3.05) is 53.9 Å². The van der Waals surface area contributed by atoms with Crippen LogP contribution in [-0.2, 0) is 0 Å². The molecule has 2 unspecified atom stereocenters. The van der Waals surface area contributed by atoms with Crippen LogP contribution in [0, 0.1) is 0 Å². The zero-order valence-electron chi connectivity index (χ0n) is 11.7. The van der Waals surface area contributed by atoms with Crippen LogP contribution in [0.2, 0.25) is 0 Å². The van der Waals surface area contributed by atoms with Gasteiger partial charge in [-0.25, -0.2) is 0 Å². The van der Waals surface area contributed by atoms with Crippen LogP contribution in [-0.4, -0.2) is 80.1 Å². The zero-order valence-corrected chi connectivity index (χ0v) is 11.7. The third-order valence-electron chi connectivity index (χ3n) is 4.81. The van der Waals surface area contributed by atoms with E-state index in [4.69, 9.17) is 5.73 Å². The summed E-state index contributed by atoms with van der Waals surface area (Å²) in [6, 6.07) is 0.708. The van der Waals surface area contributed by atoms with Gasteiger partial charge in [-0.2, -0.15) is 0 Å². The molecule has 2 aliphatic heterocycles. The highest BCUT2D eigenvalue weighted by atomic mass is 15.3. The third kappa shape index (κ3) is 2.36. The summed E-state index contributed by atoms with van der Waals surface area (Å²) in [5, 5.41) is 0. The Morgan fingerprint density at radius 2 is 2.00 bits per heavy atom. The molecule has 0 radical (unpaired) electrons. The molecule has 0 saturated carbocycles. The van der Waals surface area contributed by atoms with Gasteiger partial charge in [0.25, 0.3) is 0 Å². The Bertz CT molecular complexity index is 256. The van der Waals surface area contributed by atoms with Crippen LogP contribution in [0.1, 0.15) is 19.3 Å². The van der Waals surface area contributed by atoms with Gasteiger partial charge in [0, 0.05) is 37.8 Å². The first-order chi connectivity index (χ1) is 8.10. The van der Waals surface area contributed by atoms with Crippen molar-refractivity contribution in [3.8, 4) is 0 Å². The fourth-order valence-electron chi connectivity index (χ4n) is 3.62.